The lowest BCUT2D eigenvalue weighted by Crippen LogP contribution is -2.41. The molecule has 2 N–H and O–H groups in total. The third-order valence-electron chi connectivity index (χ3n) is 5.01. The summed E-state index contributed by atoms with van der Waals surface area (Å²) in [4.78, 5) is 14.9. The Bertz CT molecular complexity index is 652. The van der Waals surface area contributed by atoms with Gasteiger partial charge in [-0.1, -0.05) is 24.6 Å². The molecule has 5 heteroatoms. The Morgan fingerprint density at radius 2 is 2.12 bits per heavy atom. The molecular weight excluding hydrogens is 324 g/mol. The number of halogens is 1. The number of carbonyl (C=O) groups is 1. The Hall–Kier alpha value is -1.52. The summed E-state index contributed by atoms with van der Waals surface area (Å²) in [6.45, 7) is 4.75. The average molecular weight is 351 g/mol. The maximum absolute atomic E-state index is 12.9. The zero-order valence-corrected chi connectivity index (χ0v) is 15.2. The van der Waals surface area contributed by atoms with E-state index in [1.807, 2.05) is 49.1 Å². The number of carbonyl (C=O) groups excluding carboxylic acids is 1. The van der Waals surface area contributed by atoms with Crippen molar-refractivity contribution in [2.24, 2.45) is 11.7 Å². The summed E-state index contributed by atoms with van der Waals surface area (Å²) < 4.78 is 5.95. The van der Waals surface area contributed by atoms with Gasteiger partial charge in [-0.25, -0.2) is 0 Å². The molecule has 1 aliphatic carbocycles. The summed E-state index contributed by atoms with van der Waals surface area (Å²) in [5, 5.41) is 1.08. The average Bonchev–Trinajstić information content (AvgIpc) is 2.99. The topological polar surface area (TPSA) is 59.5 Å². The smallest absolute Gasteiger partial charge is 0.226 e. The number of hydrogen-bond acceptors (Lipinski definition) is 3. The molecule has 1 aromatic heterocycles. The molecule has 3 atom stereocenters. The van der Waals surface area contributed by atoms with Crippen LogP contribution in [0, 0.1) is 5.92 Å². The SMILES string of the molecule is CCN(C(=O)C1CCCC(N)C1)C(C)c1cc2ccccc2o1.Cl. The normalized spacial score (nSPS) is 22.0. The Morgan fingerprint density at radius 1 is 1.38 bits per heavy atom. The number of benzene rings is 1. The van der Waals surface area contributed by atoms with Crippen LogP contribution in [-0.4, -0.2) is 23.4 Å². The largest absolute Gasteiger partial charge is 0.459 e. The second-order valence-electron chi connectivity index (χ2n) is 6.61. The van der Waals surface area contributed by atoms with Crippen LogP contribution in [0.4, 0.5) is 0 Å². The highest BCUT2D eigenvalue weighted by molar-refractivity contribution is 5.85. The predicted octanol–water partition coefficient (Wildman–Crippen LogP) is 4.28. The lowest BCUT2D eigenvalue weighted by molar-refractivity contribution is -0.139. The van der Waals surface area contributed by atoms with E-state index >= 15 is 0 Å². The molecule has 0 bridgehead atoms. The lowest BCUT2D eigenvalue weighted by Gasteiger charge is -2.33. The van der Waals surface area contributed by atoms with Crippen LogP contribution in [-0.2, 0) is 4.79 Å². The van der Waals surface area contributed by atoms with Crippen molar-refractivity contribution in [3.05, 3.63) is 36.1 Å². The number of rotatable bonds is 4. The molecule has 1 aromatic carbocycles. The van der Waals surface area contributed by atoms with Gasteiger partial charge >= 0.3 is 0 Å². The maximum Gasteiger partial charge on any atom is 0.226 e. The molecule has 1 saturated carbocycles. The quantitative estimate of drug-likeness (QED) is 0.895. The Balaban J connectivity index is 0.00000208. The van der Waals surface area contributed by atoms with E-state index in [1.54, 1.807) is 0 Å². The van der Waals surface area contributed by atoms with Gasteiger partial charge in [0.05, 0.1) is 6.04 Å². The molecule has 1 amide bonds. The van der Waals surface area contributed by atoms with Crippen LogP contribution in [0.15, 0.2) is 34.7 Å². The van der Waals surface area contributed by atoms with E-state index in [0.717, 1.165) is 42.4 Å². The molecular formula is C19H27ClN2O2. The highest BCUT2D eigenvalue weighted by Gasteiger charge is 2.31. The van der Waals surface area contributed by atoms with Gasteiger partial charge in [-0.2, -0.15) is 0 Å². The van der Waals surface area contributed by atoms with Crippen LogP contribution >= 0.6 is 12.4 Å². The van der Waals surface area contributed by atoms with Crippen molar-refractivity contribution in [1.82, 2.24) is 4.90 Å². The van der Waals surface area contributed by atoms with Gasteiger partial charge in [0.25, 0.3) is 0 Å². The van der Waals surface area contributed by atoms with Crippen molar-refractivity contribution in [2.75, 3.05) is 6.54 Å². The summed E-state index contributed by atoms with van der Waals surface area (Å²) in [6, 6.07) is 10.1. The van der Waals surface area contributed by atoms with E-state index in [-0.39, 0.29) is 36.3 Å². The number of amides is 1. The van der Waals surface area contributed by atoms with E-state index in [2.05, 4.69) is 0 Å². The molecule has 4 nitrogen and oxygen atoms in total. The summed E-state index contributed by atoms with van der Waals surface area (Å²) >= 11 is 0. The molecule has 0 radical (unpaired) electrons. The first-order chi connectivity index (χ1) is 11.1. The van der Waals surface area contributed by atoms with Gasteiger partial charge in [0, 0.05) is 23.9 Å². The monoisotopic (exact) mass is 350 g/mol. The second-order valence-corrected chi connectivity index (χ2v) is 6.61. The summed E-state index contributed by atoms with van der Waals surface area (Å²) in [5.41, 5.74) is 6.93. The van der Waals surface area contributed by atoms with E-state index < -0.39 is 0 Å². The van der Waals surface area contributed by atoms with Gasteiger partial charge in [0.1, 0.15) is 11.3 Å². The standard InChI is InChI=1S/C19H26N2O2.ClH/c1-3-21(19(22)15-8-6-9-16(20)11-15)13(2)18-12-14-7-4-5-10-17(14)23-18;/h4-5,7,10,12-13,15-16H,3,6,8-9,11,20H2,1-2H3;1H. The van der Waals surface area contributed by atoms with Gasteiger partial charge < -0.3 is 15.1 Å². The fraction of sp³-hybridized carbons (Fsp3) is 0.526. The highest BCUT2D eigenvalue weighted by Crippen LogP contribution is 2.31. The van der Waals surface area contributed by atoms with Crippen molar-refractivity contribution in [2.45, 2.75) is 51.6 Å². The van der Waals surface area contributed by atoms with Crippen LogP contribution in [0.3, 0.4) is 0 Å². The Morgan fingerprint density at radius 3 is 2.79 bits per heavy atom. The number of para-hydroxylation sites is 1. The first-order valence-corrected chi connectivity index (χ1v) is 8.64. The first kappa shape index (κ1) is 18.8. The van der Waals surface area contributed by atoms with Crippen molar-refractivity contribution < 1.29 is 9.21 Å². The first-order valence-electron chi connectivity index (χ1n) is 8.64. The minimum absolute atomic E-state index is 0. The Labute approximate surface area is 149 Å². The van der Waals surface area contributed by atoms with E-state index in [9.17, 15) is 4.79 Å². The van der Waals surface area contributed by atoms with Crippen LogP contribution in [0.1, 0.15) is 51.3 Å². The minimum Gasteiger partial charge on any atom is -0.459 e. The van der Waals surface area contributed by atoms with Crippen molar-refractivity contribution >= 4 is 29.3 Å². The maximum atomic E-state index is 12.9. The van der Waals surface area contributed by atoms with Crippen LogP contribution in [0.25, 0.3) is 11.0 Å². The molecule has 132 valence electrons. The highest BCUT2D eigenvalue weighted by atomic mass is 35.5. The fourth-order valence-electron chi connectivity index (χ4n) is 3.67. The second kappa shape index (κ2) is 8.04. The Kier molecular flexibility index (Phi) is 6.30. The summed E-state index contributed by atoms with van der Waals surface area (Å²) in [7, 11) is 0. The molecule has 0 aliphatic heterocycles. The lowest BCUT2D eigenvalue weighted by atomic mass is 9.85. The molecule has 24 heavy (non-hydrogen) atoms. The zero-order chi connectivity index (χ0) is 16.4. The third kappa shape index (κ3) is 3.76. The van der Waals surface area contributed by atoms with E-state index in [4.69, 9.17) is 10.2 Å². The number of hydrogen-bond donors (Lipinski definition) is 1. The number of fused-ring (bicyclic) bond motifs is 1. The van der Waals surface area contributed by atoms with Crippen LogP contribution in [0.2, 0.25) is 0 Å². The predicted molar refractivity (Wildman–Crippen MR) is 99.2 cm³/mol. The molecule has 1 aliphatic rings. The number of nitrogens with two attached hydrogens (primary N) is 1. The van der Waals surface area contributed by atoms with Gasteiger partial charge in [-0.15, -0.1) is 12.4 Å². The summed E-state index contributed by atoms with van der Waals surface area (Å²) in [6.07, 6.45) is 3.85. The third-order valence-corrected chi connectivity index (χ3v) is 5.01. The number of furan rings is 1. The molecule has 0 spiro atoms. The molecule has 2 aromatic rings. The van der Waals surface area contributed by atoms with Crippen molar-refractivity contribution in [1.29, 1.82) is 0 Å². The summed E-state index contributed by atoms with van der Waals surface area (Å²) in [5.74, 6) is 1.13. The van der Waals surface area contributed by atoms with E-state index in [1.165, 1.54) is 0 Å². The van der Waals surface area contributed by atoms with E-state index in [0.29, 0.717) is 6.54 Å². The van der Waals surface area contributed by atoms with Crippen LogP contribution in [0.5, 0.6) is 0 Å². The molecule has 0 saturated heterocycles. The van der Waals surface area contributed by atoms with Crippen molar-refractivity contribution in [3.8, 4) is 0 Å². The molecule has 1 fully saturated rings. The van der Waals surface area contributed by atoms with Gasteiger partial charge in [0.2, 0.25) is 5.91 Å². The van der Waals surface area contributed by atoms with Gasteiger partial charge in [-0.05, 0) is 45.2 Å². The fourth-order valence-corrected chi connectivity index (χ4v) is 3.67. The van der Waals surface area contributed by atoms with Gasteiger partial charge in [0.15, 0.2) is 0 Å². The molecule has 3 unspecified atom stereocenters. The number of nitrogens with zero attached hydrogens (tertiary/aromatic N) is 1. The molecule has 1 heterocycles. The zero-order valence-electron chi connectivity index (χ0n) is 14.4. The molecule has 3 rings (SSSR count). The van der Waals surface area contributed by atoms with Gasteiger partial charge in [-0.3, -0.25) is 4.79 Å². The minimum atomic E-state index is -0.0574. The van der Waals surface area contributed by atoms with Crippen molar-refractivity contribution in [3.63, 3.8) is 0 Å². The van der Waals surface area contributed by atoms with Crippen LogP contribution < -0.4 is 5.73 Å².